The number of hydrogen-bond acceptors (Lipinski definition) is 5. The molecule has 0 saturated heterocycles. The lowest BCUT2D eigenvalue weighted by Gasteiger charge is -2.10. The second-order valence-electron chi connectivity index (χ2n) is 6.05. The number of fused-ring (bicyclic) bond motifs is 1. The summed E-state index contributed by atoms with van der Waals surface area (Å²) in [5.74, 6) is 0.620. The van der Waals surface area contributed by atoms with E-state index in [9.17, 15) is 8.42 Å². The normalized spacial score (nSPS) is 13.6. The zero-order chi connectivity index (χ0) is 18.4. The number of hydrogen-bond donors (Lipinski definition) is 2. The first-order chi connectivity index (χ1) is 12.6. The molecule has 2 N–H and O–H groups in total. The van der Waals surface area contributed by atoms with E-state index in [2.05, 4.69) is 10.0 Å². The van der Waals surface area contributed by atoms with Crippen molar-refractivity contribution >= 4 is 10.0 Å². The van der Waals surface area contributed by atoms with Crippen LogP contribution in [-0.2, 0) is 34.4 Å². The van der Waals surface area contributed by atoms with E-state index in [0.717, 1.165) is 18.7 Å². The van der Waals surface area contributed by atoms with Gasteiger partial charge in [-0.05, 0) is 47.9 Å². The minimum Gasteiger partial charge on any atom is -0.491 e. The average Bonchev–Trinajstić information content (AvgIpc) is 3.12. The molecule has 7 heteroatoms. The highest BCUT2D eigenvalue weighted by Gasteiger charge is 2.15. The van der Waals surface area contributed by atoms with E-state index >= 15 is 0 Å². The van der Waals surface area contributed by atoms with Gasteiger partial charge in [0.2, 0.25) is 10.0 Å². The first-order valence-electron chi connectivity index (χ1n) is 8.70. The van der Waals surface area contributed by atoms with Crippen molar-refractivity contribution in [3.05, 3.63) is 59.2 Å². The van der Waals surface area contributed by atoms with Crippen LogP contribution in [0.5, 0.6) is 5.75 Å². The second-order valence-corrected chi connectivity index (χ2v) is 7.81. The lowest BCUT2D eigenvalue weighted by Crippen LogP contribution is -2.23. The van der Waals surface area contributed by atoms with Gasteiger partial charge in [0, 0.05) is 26.2 Å². The predicted octanol–water partition coefficient (Wildman–Crippen LogP) is 2.18. The Balaban J connectivity index is 1.57. The fourth-order valence-electron chi connectivity index (χ4n) is 2.80. The highest BCUT2D eigenvalue weighted by atomic mass is 32.2. The summed E-state index contributed by atoms with van der Waals surface area (Å²) in [4.78, 5) is 0.220. The molecule has 140 valence electrons. The second kappa shape index (κ2) is 8.64. The third-order valence-electron chi connectivity index (χ3n) is 4.20. The molecular formula is C19H24N2O4S. The van der Waals surface area contributed by atoms with Gasteiger partial charge < -0.3 is 14.8 Å². The molecule has 3 rings (SSSR count). The van der Waals surface area contributed by atoms with E-state index in [1.54, 1.807) is 24.3 Å². The van der Waals surface area contributed by atoms with Gasteiger partial charge in [0.15, 0.2) is 0 Å². The van der Waals surface area contributed by atoms with E-state index in [1.807, 2.05) is 25.1 Å². The van der Waals surface area contributed by atoms with Crippen LogP contribution >= 0.6 is 0 Å². The average molecular weight is 376 g/mol. The molecule has 2 aromatic rings. The maximum atomic E-state index is 12.5. The Morgan fingerprint density at radius 2 is 1.81 bits per heavy atom. The Bertz CT molecular complexity index is 835. The molecule has 26 heavy (non-hydrogen) atoms. The van der Waals surface area contributed by atoms with Crippen LogP contribution in [0.4, 0.5) is 0 Å². The first-order valence-corrected chi connectivity index (χ1v) is 10.2. The maximum absolute atomic E-state index is 12.5. The fourth-order valence-corrected chi connectivity index (χ4v) is 3.82. The van der Waals surface area contributed by atoms with Gasteiger partial charge in [-0.15, -0.1) is 0 Å². The topological polar surface area (TPSA) is 76.7 Å². The number of nitrogens with one attached hydrogen (secondary N) is 2. The Kier molecular flexibility index (Phi) is 6.26. The van der Waals surface area contributed by atoms with Gasteiger partial charge in [0.1, 0.15) is 12.4 Å². The summed E-state index contributed by atoms with van der Waals surface area (Å²) in [5, 5.41) is 3.28. The van der Waals surface area contributed by atoms with E-state index in [0.29, 0.717) is 25.6 Å². The van der Waals surface area contributed by atoms with E-state index < -0.39 is 10.0 Å². The van der Waals surface area contributed by atoms with Gasteiger partial charge in [-0.1, -0.05) is 18.2 Å². The SMILES string of the molecule is CCOCCOc1ccc(S(=O)(=O)NCc2ccc3c(c2)CNC3)cc1. The van der Waals surface area contributed by atoms with Crippen LogP contribution in [-0.4, -0.2) is 28.2 Å². The van der Waals surface area contributed by atoms with Crippen molar-refractivity contribution in [1.29, 1.82) is 0 Å². The molecule has 0 radical (unpaired) electrons. The molecule has 2 aromatic carbocycles. The molecule has 0 fully saturated rings. The summed E-state index contributed by atoms with van der Waals surface area (Å²) in [6, 6.07) is 12.5. The van der Waals surface area contributed by atoms with Gasteiger partial charge in [0.05, 0.1) is 11.5 Å². The summed E-state index contributed by atoms with van der Waals surface area (Å²) in [5.41, 5.74) is 3.46. The van der Waals surface area contributed by atoms with Crippen LogP contribution < -0.4 is 14.8 Å². The van der Waals surface area contributed by atoms with Gasteiger partial charge >= 0.3 is 0 Å². The maximum Gasteiger partial charge on any atom is 0.240 e. The fraction of sp³-hybridized carbons (Fsp3) is 0.368. The Morgan fingerprint density at radius 1 is 1.04 bits per heavy atom. The molecule has 0 aromatic heterocycles. The monoisotopic (exact) mass is 376 g/mol. The number of rotatable bonds is 9. The standard InChI is InChI=1S/C19H24N2O4S/c1-2-24-9-10-25-18-5-7-19(8-6-18)26(22,23)21-12-15-3-4-16-13-20-14-17(16)11-15/h3-8,11,20-21H,2,9-10,12-14H2,1H3. The minimum absolute atomic E-state index is 0.220. The summed E-state index contributed by atoms with van der Waals surface area (Å²) in [6.45, 7) is 5.49. The Labute approximate surface area is 154 Å². The molecule has 0 amide bonds. The van der Waals surface area contributed by atoms with Crippen molar-refractivity contribution in [2.45, 2.75) is 31.5 Å². The van der Waals surface area contributed by atoms with Gasteiger partial charge in [-0.2, -0.15) is 0 Å². The van der Waals surface area contributed by atoms with Crippen molar-refractivity contribution in [3.63, 3.8) is 0 Å². The van der Waals surface area contributed by atoms with Gasteiger partial charge in [-0.3, -0.25) is 0 Å². The van der Waals surface area contributed by atoms with Crippen LogP contribution in [0.3, 0.4) is 0 Å². The molecule has 0 unspecified atom stereocenters. The molecule has 1 heterocycles. The van der Waals surface area contributed by atoms with Crippen molar-refractivity contribution in [1.82, 2.24) is 10.0 Å². The predicted molar refractivity (Wildman–Crippen MR) is 99.4 cm³/mol. The quantitative estimate of drug-likeness (QED) is 0.656. The smallest absolute Gasteiger partial charge is 0.240 e. The molecule has 0 spiro atoms. The van der Waals surface area contributed by atoms with Crippen LogP contribution in [0.2, 0.25) is 0 Å². The zero-order valence-electron chi connectivity index (χ0n) is 14.8. The number of ether oxygens (including phenoxy) is 2. The van der Waals surface area contributed by atoms with Crippen molar-refractivity contribution in [3.8, 4) is 5.75 Å². The Morgan fingerprint density at radius 3 is 2.58 bits per heavy atom. The molecule has 1 aliphatic heterocycles. The van der Waals surface area contributed by atoms with Crippen molar-refractivity contribution in [2.75, 3.05) is 19.8 Å². The molecule has 1 aliphatic rings. The van der Waals surface area contributed by atoms with E-state index in [4.69, 9.17) is 9.47 Å². The van der Waals surface area contributed by atoms with Crippen LogP contribution in [0.1, 0.15) is 23.6 Å². The van der Waals surface area contributed by atoms with Crippen molar-refractivity contribution < 1.29 is 17.9 Å². The van der Waals surface area contributed by atoms with Gasteiger partial charge in [0.25, 0.3) is 0 Å². The third kappa shape index (κ3) is 4.82. The molecule has 0 saturated carbocycles. The van der Waals surface area contributed by atoms with E-state index in [1.165, 1.54) is 11.1 Å². The number of benzene rings is 2. The summed E-state index contributed by atoms with van der Waals surface area (Å²) >= 11 is 0. The largest absolute Gasteiger partial charge is 0.491 e. The minimum atomic E-state index is -3.56. The highest BCUT2D eigenvalue weighted by Crippen LogP contribution is 2.19. The Hall–Kier alpha value is -1.93. The summed E-state index contributed by atoms with van der Waals surface area (Å²) < 4.78 is 38.3. The van der Waals surface area contributed by atoms with Crippen LogP contribution in [0.15, 0.2) is 47.4 Å². The molecule has 6 nitrogen and oxygen atoms in total. The lowest BCUT2D eigenvalue weighted by atomic mass is 10.1. The zero-order valence-corrected chi connectivity index (χ0v) is 15.6. The van der Waals surface area contributed by atoms with Crippen molar-refractivity contribution in [2.24, 2.45) is 0 Å². The molecular weight excluding hydrogens is 352 g/mol. The molecule has 0 bridgehead atoms. The molecule has 0 atom stereocenters. The molecule has 0 aliphatic carbocycles. The summed E-state index contributed by atoms with van der Waals surface area (Å²) in [7, 11) is -3.56. The third-order valence-corrected chi connectivity index (χ3v) is 5.62. The lowest BCUT2D eigenvalue weighted by molar-refractivity contribution is 0.110. The summed E-state index contributed by atoms with van der Waals surface area (Å²) in [6.07, 6.45) is 0. The first kappa shape index (κ1) is 18.8. The highest BCUT2D eigenvalue weighted by molar-refractivity contribution is 7.89. The van der Waals surface area contributed by atoms with Crippen LogP contribution in [0, 0.1) is 0 Å². The van der Waals surface area contributed by atoms with Gasteiger partial charge in [-0.25, -0.2) is 13.1 Å². The van der Waals surface area contributed by atoms with E-state index in [-0.39, 0.29) is 11.4 Å². The van der Waals surface area contributed by atoms with Crippen LogP contribution in [0.25, 0.3) is 0 Å². The number of sulfonamides is 1.